The van der Waals surface area contributed by atoms with Gasteiger partial charge in [-0.15, -0.1) is 0 Å². The standard InChI is InChI=1S/C20H27N5O5/c1-3-13(2)17(24-20(28)30-11-14-7-5-4-6-8-14)19(27)23-16(18(26)25-29)9-15-10-21-12-22-15/h4-8,10,12-13,16-17,29H,3,9,11H2,1-2H3,(H,21,22)(H,23,27)(H,24,28)(H,25,26)/t13-,16-,17-/m1/s1. The third-order valence-electron chi connectivity index (χ3n) is 4.70. The number of ether oxygens (including phenoxy) is 1. The number of aromatic amines is 1. The molecular weight excluding hydrogens is 390 g/mol. The summed E-state index contributed by atoms with van der Waals surface area (Å²) in [6.45, 7) is 3.75. The van der Waals surface area contributed by atoms with Crippen LogP contribution in [0.1, 0.15) is 31.5 Å². The molecule has 0 aliphatic rings. The zero-order valence-corrected chi connectivity index (χ0v) is 16.9. The molecule has 0 saturated heterocycles. The molecule has 2 aromatic rings. The lowest BCUT2D eigenvalue weighted by Crippen LogP contribution is -2.56. The SMILES string of the molecule is CC[C@@H](C)[C@@H](NC(=O)OCc1ccccc1)C(=O)N[C@H](Cc1cnc[nH]1)C(=O)NO. The van der Waals surface area contributed by atoms with Crippen LogP contribution in [0.5, 0.6) is 0 Å². The van der Waals surface area contributed by atoms with Crippen LogP contribution in [0.15, 0.2) is 42.9 Å². The number of hydroxylamine groups is 1. The number of hydrogen-bond donors (Lipinski definition) is 5. The second-order valence-corrected chi connectivity index (χ2v) is 6.89. The van der Waals surface area contributed by atoms with Crippen LogP contribution in [0.2, 0.25) is 0 Å². The molecule has 10 nitrogen and oxygen atoms in total. The maximum Gasteiger partial charge on any atom is 0.408 e. The van der Waals surface area contributed by atoms with Crippen LogP contribution in [0, 0.1) is 5.92 Å². The Bertz CT molecular complexity index is 812. The normalized spacial score (nSPS) is 13.6. The van der Waals surface area contributed by atoms with E-state index in [4.69, 9.17) is 9.94 Å². The molecule has 0 aliphatic heterocycles. The van der Waals surface area contributed by atoms with E-state index in [-0.39, 0.29) is 18.9 Å². The van der Waals surface area contributed by atoms with Crippen molar-refractivity contribution in [1.82, 2.24) is 26.1 Å². The lowest BCUT2D eigenvalue weighted by atomic mass is 9.98. The van der Waals surface area contributed by atoms with Crippen molar-refractivity contribution >= 4 is 17.9 Å². The van der Waals surface area contributed by atoms with Gasteiger partial charge in [-0.2, -0.15) is 0 Å². The topological polar surface area (TPSA) is 145 Å². The van der Waals surface area contributed by atoms with Crippen molar-refractivity contribution in [2.24, 2.45) is 5.92 Å². The average Bonchev–Trinajstić information content (AvgIpc) is 3.28. The summed E-state index contributed by atoms with van der Waals surface area (Å²) in [6, 6.07) is 7.18. The van der Waals surface area contributed by atoms with Crippen LogP contribution in [-0.4, -0.2) is 45.2 Å². The van der Waals surface area contributed by atoms with E-state index in [0.29, 0.717) is 12.1 Å². The summed E-state index contributed by atoms with van der Waals surface area (Å²) >= 11 is 0. The Balaban J connectivity index is 2.01. The summed E-state index contributed by atoms with van der Waals surface area (Å²) in [6.07, 6.45) is 2.90. The Kier molecular flexibility index (Phi) is 8.82. The number of benzene rings is 1. The van der Waals surface area contributed by atoms with E-state index in [9.17, 15) is 14.4 Å². The van der Waals surface area contributed by atoms with E-state index in [1.807, 2.05) is 37.3 Å². The number of nitrogens with zero attached hydrogens (tertiary/aromatic N) is 1. The Hall–Kier alpha value is -3.40. The third-order valence-corrected chi connectivity index (χ3v) is 4.70. The van der Waals surface area contributed by atoms with Crippen LogP contribution < -0.4 is 16.1 Å². The molecule has 30 heavy (non-hydrogen) atoms. The van der Waals surface area contributed by atoms with Crippen LogP contribution >= 0.6 is 0 Å². The van der Waals surface area contributed by atoms with Crippen LogP contribution in [0.25, 0.3) is 0 Å². The molecule has 1 aromatic heterocycles. The first-order valence-electron chi connectivity index (χ1n) is 9.63. The highest BCUT2D eigenvalue weighted by molar-refractivity contribution is 5.91. The number of aromatic nitrogens is 2. The Morgan fingerprint density at radius 3 is 2.50 bits per heavy atom. The van der Waals surface area contributed by atoms with Crippen LogP contribution in [0.4, 0.5) is 4.79 Å². The zero-order chi connectivity index (χ0) is 21.9. The van der Waals surface area contributed by atoms with E-state index in [1.54, 1.807) is 12.4 Å². The maximum absolute atomic E-state index is 12.8. The molecule has 2 rings (SSSR count). The monoisotopic (exact) mass is 417 g/mol. The number of imidazole rings is 1. The van der Waals surface area contributed by atoms with Gasteiger partial charge in [0.2, 0.25) is 5.91 Å². The Labute approximate surface area is 174 Å². The molecule has 0 bridgehead atoms. The van der Waals surface area contributed by atoms with E-state index in [0.717, 1.165) is 5.56 Å². The second kappa shape index (κ2) is 11.6. The van der Waals surface area contributed by atoms with Gasteiger partial charge in [-0.3, -0.25) is 14.8 Å². The van der Waals surface area contributed by atoms with Gasteiger partial charge in [-0.25, -0.2) is 15.3 Å². The molecule has 5 N–H and O–H groups in total. The predicted octanol–water partition coefficient (Wildman–Crippen LogP) is 1.28. The molecule has 0 saturated carbocycles. The molecule has 3 amide bonds. The summed E-state index contributed by atoms with van der Waals surface area (Å²) in [5, 5.41) is 14.1. The number of carbonyl (C=O) groups is 3. The first-order valence-corrected chi connectivity index (χ1v) is 9.63. The van der Waals surface area contributed by atoms with Crippen molar-refractivity contribution in [3.05, 3.63) is 54.1 Å². The van der Waals surface area contributed by atoms with E-state index in [2.05, 4.69) is 20.6 Å². The number of carbonyl (C=O) groups excluding carboxylic acids is 3. The van der Waals surface area contributed by atoms with E-state index >= 15 is 0 Å². The Morgan fingerprint density at radius 2 is 1.90 bits per heavy atom. The highest BCUT2D eigenvalue weighted by Crippen LogP contribution is 2.10. The fourth-order valence-corrected chi connectivity index (χ4v) is 2.76. The summed E-state index contributed by atoms with van der Waals surface area (Å²) < 4.78 is 5.20. The van der Waals surface area contributed by atoms with Crippen molar-refractivity contribution in [3.8, 4) is 0 Å². The fraction of sp³-hybridized carbons (Fsp3) is 0.400. The van der Waals surface area contributed by atoms with Crippen molar-refractivity contribution < 1.29 is 24.3 Å². The average molecular weight is 417 g/mol. The van der Waals surface area contributed by atoms with Crippen LogP contribution in [0.3, 0.4) is 0 Å². The minimum absolute atomic E-state index is 0.0664. The summed E-state index contributed by atoms with van der Waals surface area (Å²) in [7, 11) is 0. The molecule has 0 spiro atoms. The first kappa shape index (κ1) is 22.9. The van der Waals surface area contributed by atoms with Crippen molar-refractivity contribution in [2.45, 2.75) is 45.4 Å². The molecular formula is C20H27N5O5. The zero-order valence-electron chi connectivity index (χ0n) is 16.9. The van der Waals surface area contributed by atoms with Crippen molar-refractivity contribution in [1.29, 1.82) is 0 Å². The third kappa shape index (κ3) is 6.89. The van der Waals surface area contributed by atoms with Gasteiger partial charge in [0.05, 0.1) is 6.33 Å². The fourth-order valence-electron chi connectivity index (χ4n) is 2.76. The van der Waals surface area contributed by atoms with Gasteiger partial charge in [0.25, 0.3) is 5.91 Å². The van der Waals surface area contributed by atoms with Gasteiger partial charge in [0.15, 0.2) is 0 Å². The lowest BCUT2D eigenvalue weighted by molar-refractivity contribution is -0.135. The molecule has 0 aliphatic carbocycles. The molecule has 1 aromatic carbocycles. The van der Waals surface area contributed by atoms with Crippen molar-refractivity contribution in [2.75, 3.05) is 0 Å². The molecule has 10 heteroatoms. The molecule has 0 unspecified atom stereocenters. The first-order chi connectivity index (χ1) is 14.4. The molecule has 162 valence electrons. The smallest absolute Gasteiger partial charge is 0.408 e. The second-order valence-electron chi connectivity index (χ2n) is 6.89. The molecule has 1 heterocycles. The lowest BCUT2D eigenvalue weighted by Gasteiger charge is -2.25. The quantitative estimate of drug-likeness (QED) is 0.291. The summed E-state index contributed by atoms with van der Waals surface area (Å²) in [5.74, 6) is -1.57. The molecule has 0 fully saturated rings. The molecule has 0 radical (unpaired) electrons. The Morgan fingerprint density at radius 1 is 1.17 bits per heavy atom. The maximum atomic E-state index is 12.8. The van der Waals surface area contributed by atoms with Gasteiger partial charge in [0.1, 0.15) is 18.7 Å². The number of alkyl carbamates (subject to hydrolysis) is 1. The highest BCUT2D eigenvalue weighted by atomic mass is 16.5. The number of H-pyrrole nitrogens is 1. The number of nitrogens with one attached hydrogen (secondary N) is 4. The predicted molar refractivity (Wildman–Crippen MR) is 107 cm³/mol. The highest BCUT2D eigenvalue weighted by Gasteiger charge is 2.30. The number of amides is 3. The number of hydrogen-bond acceptors (Lipinski definition) is 6. The van der Waals surface area contributed by atoms with Crippen LogP contribution in [-0.2, 0) is 27.4 Å². The summed E-state index contributed by atoms with van der Waals surface area (Å²) in [4.78, 5) is 43.8. The van der Waals surface area contributed by atoms with Gasteiger partial charge in [-0.1, -0.05) is 50.6 Å². The molecule has 3 atom stereocenters. The van der Waals surface area contributed by atoms with Gasteiger partial charge in [-0.05, 0) is 11.5 Å². The minimum atomic E-state index is -1.06. The van der Waals surface area contributed by atoms with Gasteiger partial charge in [0, 0.05) is 18.3 Å². The van der Waals surface area contributed by atoms with E-state index < -0.39 is 30.0 Å². The largest absolute Gasteiger partial charge is 0.445 e. The van der Waals surface area contributed by atoms with E-state index in [1.165, 1.54) is 12.5 Å². The van der Waals surface area contributed by atoms with Gasteiger partial charge >= 0.3 is 6.09 Å². The van der Waals surface area contributed by atoms with Crippen molar-refractivity contribution in [3.63, 3.8) is 0 Å². The summed E-state index contributed by atoms with van der Waals surface area (Å²) in [5.41, 5.74) is 2.96. The van der Waals surface area contributed by atoms with Gasteiger partial charge < -0.3 is 20.4 Å². The number of rotatable bonds is 10. The minimum Gasteiger partial charge on any atom is -0.445 e.